The van der Waals surface area contributed by atoms with E-state index in [1.54, 1.807) is 17.0 Å². The molecule has 1 aromatic carbocycles. The number of piperidine rings is 1. The van der Waals surface area contributed by atoms with Gasteiger partial charge in [0, 0.05) is 30.1 Å². The Hall–Kier alpha value is -1.79. The molecule has 2 atom stereocenters. The number of hydrogen-bond acceptors (Lipinski definition) is 3. The highest BCUT2D eigenvalue weighted by Crippen LogP contribution is 2.46. The van der Waals surface area contributed by atoms with Crippen LogP contribution < -0.4 is 10.6 Å². The number of likely N-dealkylation sites (tertiary alicyclic amines) is 1. The molecule has 0 bridgehead atoms. The molecular formula is C23H36ClN3O3. The molecule has 1 heterocycles. The van der Waals surface area contributed by atoms with E-state index in [0.717, 1.165) is 5.56 Å². The maximum absolute atomic E-state index is 13.3. The van der Waals surface area contributed by atoms with Crippen molar-refractivity contribution < 1.29 is 14.7 Å². The van der Waals surface area contributed by atoms with Gasteiger partial charge < -0.3 is 20.6 Å². The second-order valence-corrected chi connectivity index (χ2v) is 10.2. The number of aliphatic hydroxyl groups is 1. The first-order chi connectivity index (χ1) is 13.9. The summed E-state index contributed by atoms with van der Waals surface area (Å²) >= 11 is 6.00. The minimum Gasteiger partial charge on any atom is -0.384 e. The molecule has 7 heteroatoms. The van der Waals surface area contributed by atoms with E-state index in [0.29, 0.717) is 37.0 Å². The summed E-state index contributed by atoms with van der Waals surface area (Å²) in [6.07, 6.45) is 0.414. The number of carbonyl (C=O) groups is 2. The predicted molar refractivity (Wildman–Crippen MR) is 120 cm³/mol. The SMILES string of the molecule is CC(C)CNC(=O)N[C@@H](C(=O)N1CC[C@](O)(c2ccc(Cl)cc2)C(C)(C)C1)C(C)C. The van der Waals surface area contributed by atoms with Crippen molar-refractivity contribution >= 4 is 23.5 Å². The summed E-state index contributed by atoms with van der Waals surface area (Å²) in [7, 11) is 0. The number of urea groups is 1. The summed E-state index contributed by atoms with van der Waals surface area (Å²) < 4.78 is 0. The fraction of sp³-hybridized carbons (Fsp3) is 0.652. The van der Waals surface area contributed by atoms with Crippen molar-refractivity contribution in [2.45, 2.75) is 59.6 Å². The van der Waals surface area contributed by atoms with E-state index in [-0.39, 0.29) is 17.9 Å². The molecule has 3 N–H and O–H groups in total. The lowest BCUT2D eigenvalue weighted by atomic mass is 9.66. The van der Waals surface area contributed by atoms with Crippen molar-refractivity contribution in [1.82, 2.24) is 15.5 Å². The summed E-state index contributed by atoms with van der Waals surface area (Å²) in [6, 6.07) is 6.30. The van der Waals surface area contributed by atoms with Crippen LogP contribution in [0.25, 0.3) is 0 Å². The molecule has 2 rings (SSSR count). The second kappa shape index (κ2) is 9.56. The number of carbonyl (C=O) groups excluding carboxylic acids is 2. The smallest absolute Gasteiger partial charge is 0.315 e. The molecular weight excluding hydrogens is 402 g/mol. The van der Waals surface area contributed by atoms with Gasteiger partial charge in [0.15, 0.2) is 0 Å². The van der Waals surface area contributed by atoms with Crippen LogP contribution in [0.15, 0.2) is 24.3 Å². The molecule has 3 amide bonds. The number of halogens is 1. The fourth-order valence-electron chi connectivity index (χ4n) is 3.97. The van der Waals surface area contributed by atoms with Gasteiger partial charge in [0.2, 0.25) is 5.91 Å². The largest absolute Gasteiger partial charge is 0.384 e. The summed E-state index contributed by atoms with van der Waals surface area (Å²) in [4.78, 5) is 27.3. The summed E-state index contributed by atoms with van der Waals surface area (Å²) in [5.41, 5.74) is -0.837. The molecule has 168 valence electrons. The lowest BCUT2D eigenvalue weighted by Crippen LogP contribution is -2.61. The first-order valence-electron chi connectivity index (χ1n) is 10.7. The van der Waals surface area contributed by atoms with Crippen LogP contribution >= 0.6 is 11.6 Å². The Morgan fingerprint density at radius 1 is 1.17 bits per heavy atom. The number of nitrogens with zero attached hydrogens (tertiary/aromatic N) is 1. The zero-order valence-corrected chi connectivity index (χ0v) is 19.7. The Morgan fingerprint density at radius 3 is 2.27 bits per heavy atom. The molecule has 1 saturated heterocycles. The third kappa shape index (κ3) is 5.46. The topological polar surface area (TPSA) is 81.7 Å². The average Bonchev–Trinajstić information content (AvgIpc) is 2.66. The summed E-state index contributed by atoms with van der Waals surface area (Å²) in [5, 5.41) is 17.8. The first kappa shape index (κ1) is 24.5. The Balaban J connectivity index is 2.13. The molecule has 30 heavy (non-hydrogen) atoms. The van der Waals surface area contributed by atoms with Crippen LogP contribution in [0, 0.1) is 17.3 Å². The van der Waals surface area contributed by atoms with Gasteiger partial charge in [-0.15, -0.1) is 0 Å². The highest BCUT2D eigenvalue weighted by Gasteiger charge is 2.50. The second-order valence-electron chi connectivity index (χ2n) is 9.73. The van der Waals surface area contributed by atoms with Crippen LogP contribution in [0.2, 0.25) is 5.02 Å². The molecule has 0 saturated carbocycles. The van der Waals surface area contributed by atoms with Crippen molar-refractivity contribution in [1.29, 1.82) is 0 Å². The Kier molecular flexibility index (Phi) is 7.80. The van der Waals surface area contributed by atoms with Crippen molar-refractivity contribution in [3.05, 3.63) is 34.9 Å². The minimum atomic E-state index is -1.07. The number of hydrogen-bond donors (Lipinski definition) is 3. The average molecular weight is 438 g/mol. The van der Waals surface area contributed by atoms with Gasteiger partial charge in [0.1, 0.15) is 6.04 Å². The lowest BCUT2D eigenvalue weighted by molar-refractivity contribution is -0.155. The van der Waals surface area contributed by atoms with E-state index in [4.69, 9.17) is 11.6 Å². The van der Waals surface area contributed by atoms with Gasteiger partial charge in [-0.25, -0.2) is 4.79 Å². The third-order valence-electron chi connectivity index (χ3n) is 5.97. The van der Waals surface area contributed by atoms with Gasteiger partial charge in [-0.05, 0) is 36.0 Å². The molecule has 1 aliphatic rings. The maximum Gasteiger partial charge on any atom is 0.315 e. The Labute approximate surface area is 185 Å². The molecule has 1 aromatic rings. The van der Waals surface area contributed by atoms with Gasteiger partial charge in [0.25, 0.3) is 0 Å². The number of amides is 3. The van der Waals surface area contributed by atoms with Crippen LogP contribution in [0.1, 0.15) is 53.5 Å². The van der Waals surface area contributed by atoms with Crippen LogP contribution in [-0.2, 0) is 10.4 Å². The maximum atomic E-state index is 13.3. The van der Waals surface area contributed by atoms with Crippen LogP contribution in [-0.4, -0.2) is 47.6 Å². The van der Waals surface area contributed by atoms with Gasteiger partial charge in [0.05, 0.1) is 5.60 Å². The zero-order valence-electron chi connectivity index (χ0n) is 19.0. The van der Waals surface area contributed by atoms with E-state index in [1.807, 2.05) is 53.7 Å². The Morgan fingerprint density at radius 2 is 1.77 bits per heavy atom. The summed E-state index contributed by atoms with van der Waals surface area (Å²) in [5.74, 6) is 0.163. The lowest BCUT2D eigenvalue weighted by Gasteiger charge is -2.51. The van der Waals surface area contributed by atoms with Crippen molar-refractivity contribution in [2.75, 3.05) is 19.6 Å². The molecule has 6 nitrogen and oxygen atoms in total. The molecule has 0 aromatic heterocycles. The van der Waals surface area contributed by atoms with Gasteiger partial charge in [-0.3, -0.25) is 4.79 Å². The van der Waals surface area contributed by atoms with E-state index in [2.05, 4.69) is 10.6 Å². The van der Waals surface area contributed by atoms with E-state index in [1.165, 1.54) is 0 Å². The number of nitrogens with one attached hydrogen (secondary N) is 2. The molecule has 0 spiro atoms. The quantitative estimate of drug-likeness (QED) is 0.633. The van der Waals surface area contributed by atoms with Gasteiger partial charge in [-0.2, -0.15) is 0 Å². The highest BCUT2D eigenvalue weighted by atomic mass is 35.5. The highest BCUT2D eigenvalue weighted by molar-refractivity contribution is 6.30. The van der Waals surface area contributed by atoms with Crippen molar-refractivity contribution in [2.24, 2.45) is 17.3 Å². The monoisotopic (exact) mass is 437 g/mol. The fourth-order valence-corrected chi connectivity index (χ4v) is 4.10. The van der Waals surface area contributed by atoms with E-state index in [9.17, 15) is 14.7 Å². The van der Waals surface area contributed by atoms with Crippen LogP contribution in [0.4, 0.5) is 4.79 Å². The predicted octanol–water partition coefficient (Wildman–Crippen LogP) is 3.77. The summed E-state index contributed by atoms with van der Waals surface area (Å²) in [6.45, 7) is 13.2. The van der Waals surface area contributed by atoms with Gasteiger partial charge in [-0.1, -0.05) is 65.3 Å². The van der Waals surface area contributed by atoms with E-state index >= 15 is 0 Å². The van der Waals surface area contributed by atoms with E-state index < -0.39 is 17.1 Å². The Bertz CT molecular complexity index is 749. The molecule has 1 aliphatic heterocycles. The molecule has 0 unspecified atom stereocenters. The van der Waals surface area contributed by atoms with Crippen LogP contribution in [0.5, 0.6) is 0 Å². The molecule has 0 aliphatic carbocycles. The number of benzene rings is 1. The number of rotatable bonds is 6. The molecule has 1 fully saturated rings. The third-order valence-corrected chi connectivity index (χ3v) is 6.22. The minimum absolute atomic E-state index is 0.0533. The van der Waals surface area contributed by atoms with Crippen LogP contribution in [0.3, 0.4) is 0 Å². The van der Waals surface area contributed by atoms with Gasteiger partial charge >= 0.3 is 6.03 Å². The van der Waals surface area contributed by atoms with Crippen molar-refractivity contribution in [3.8, 4) is 0 Å². The zero-order chi connectivity index (χ0) is 22.7. The molecule has 0 radical (unpaired) electrons. The standard InChI is InChI=1S/C23H36ClN3O3/c1-15(2)13-25-21(29)26-19(16(3)4)20(28)27-12-11-23(30,22(5,6)14-27)17-7-9-18(24)10-8-17/h7-10,15-16,19,30H,11-14H2,1-6H3,(H2,25,26,29)/t19-,23+/m1/s1. The first-order valence-corrected chi connectivity index (χ1v) is 11.1. The normalized spacial score (nSPS) is 22.1. The van der Waals surface area contributed by atoms with Crippen molar-refractivity contribution in [3.63, 3.8) is 0 Å².